The number of fused-ring (bicyclic) bond motifs is 1. The number of rotatable bonds is 3. The molecule has 4 heteroatoms. The highest BCUT2D eigenvalue weighted by atomic mass is 16.4. The van der Waals surface area contributed by atoms with Gasteiger partial charge in [0.2, 0.25) is 0 Å². The minimum atomic E-state index is -0.758. The van der Waals surface area contributed by atoms with Crippen molar-refractivity contribution in [3.63, 3.8) is 0 Å². The standard InChI is InChI=1S/C17H17NO3/c19-13-7-5-12(6-8-13)11-18-10-9-15(17(20)21)14-3-1-2-4-16(14)18/h1-8,15,19H,9-11H2,(H,20,21). The van der Waals surface area contributed by atoms with E-state index >= 15 is 0 Å². The molecular formula is C17H17NO3. The second-order valence-corrected chi connectivity index (χ2v) is 5.33. The molecule has 0 saturated heterocycles. The summed E-state index contributed by atoms with van der Waals surface area (Å²) < 4.78 is 0. The van der Waals surface area contributed by atoms with Crippen molar-refractivity contribution in [1.29, 1.82) is 0 Å². The highest BCUT2D eigenvalue weighted by Crippen LogP contribution is 2.36. The van der Waals surface area contributed by atoms with E-state index in [0.717, 1.165) is 23.4 Å². The van der Waals surface area contributed by atoms with Gasteiger partial charge in [0.15, 0.2) is 0 Å². The average molecular weight is 283 g/mol. The highest BCUT2D eigenvalue weighted by Gasteiger charge is 2.29. The van der Waals surface area contributed by atoms with E-state index in [0.29, 0.717) is 13.0 Å². The van der Waals surface area contributed by atoms with E-state index in [1.165, 1.54) is 0 Å². The summed E-state index contributed by atoms with van der Waals surface area (Å²) in [5, 5.41) is 18.7. The maximum absolute atomic E-state index is 11.4. The first kappa shape index (κ1) is 13.5. The molecule has 2 N–H and O–H groups in total. The van der Waals surface area contributed by atoms with E-state index in [9.17, 15) is 15.0 Å². The van der Waals surface area contributed by atoms with Crippen LogP contribution in [-0.2, 0) is 11.3 Å². The number of hydrogen-bond acceptors (Lipinski definition) is 3. The van der Waals surface area contributed by atoms with E-state index in [1.807, 2.05) is 36.4 Å². The molecule has 3 rings (SSSR count). The number of para-hydroxylation sites is 1. The number of aliphatic carboxylic acids is 1. The number of carboxylic acid groups (broad SMARTS) is 1. The molecular weight excluding hydrogens is 266 g/mol. The van der Waals surface area contributed by atoms with Crippen LogP contribution in [0.3, 0.4) is 0 Å². The molecule has 1 aliphatic rings. The Bertz CT molecular complexity index is 651. The summed E-state index contributed by atoms with van der Waals surface area (Å²) in [6.07, 6.45) is 0.616. The van der Waals surface area contributed by atoms with Crippen molar-refractivity contribution in [2.45, 2.75) is 18.9 Å². The first-order chi connectivity index (χ1) is 10.1. The molecule has 0 aliphatic carbocycles. The summed E-state index contributed by atoms with van der Waals surface area (Å²) in [5.74, 6) is -0.923. The first-order valence-electron chi connectivity index (χ1n) is 7.00. The molecule has 0 saturated carbocycles. The van der Waals surface area contributed by atoms with Crippen LogP contribution in [0.2, 0.25) is 0 Å². The van der Waals surface area contributed by atoms with Crippen molar-refractivity contribution in [3.05, 3.63) is 59.7 Å². The maximum Gasteiger partial charge on any atom is 0.311 e. The lowest BCUT2D eigenvalue weighted by Crippen LogP contribution is -2.33. The van der Waals surface area contributed by atoms with Gasteiger partial charge in [-0.2, -0.15) is 0 Å². The molecule has 1 aliphatic heterocycles. The molecule has 1 unspecified atom stereocenters. The first-order valence-corrected chi connectivity index (χ1v) is 7.00. The van der Waals surface area contributed by atoms with E-state index in [-0.39, 0.29) is 5.75 Å². The minimum Gasteiger partial charge on any atom is -0.508 e. The Morgan fingerprint density at radius 1 is 1.14 bits per heavy atom. The number of benzene rings is 2. The molecule has 4 nitrogen and oxygen atoms in total. The number of aromatic hydroxyl groups is 1. The Balaban J connectivity index is 1.89. The summed E-state index contributed by atoms with van der Waals surface area (Å²) in [5.41, 5.74) is 2.97. The van der Waals surface area contributed by atoms with Gasteiger partial charge < -0.3 is 15.1 Å². The molecule has 2 aromatic carbocycles. The molecule has 108 valence electrons. The number of hydrogen-bond donors (Lipinski definition) is 2. The number of anilines is 1. The van der Waals surface area contributed by atoms with Crippen LogP contribution in [0, 0.1) is 0 Å². The molecule has 2 aromatic rings. The van der Waals surface area contributed by atoms with Crippen LogP contribution in [0.15, 0.2) is 48.5 Å². The third kappa shape index (κ3) is 2.70. The Kier molecular flexibility index (Phi) is 3.52. The van der Waals surface area contributed by atoms with Gasteiger partial charge in [0.1, 0.15) is 5.75 Å². The van der Waals surface area contributed by atoms with Gasteiger partial charge in [-0.15, -0.1) is 0 Å². The van der Waals surface area contributed by atoms with Gasteiger partial charge in [-0.1, -0.05) is 30.3 Å². The Morgan fingerprint density at radius 3 is 2.57 bits per heavy atom. The van der Waals surface area contributed by atoms with Crippen LogP contribution in [0.1, 0.15) is 23.5 Å². The van der Waals surface area contributed by atoms with Gasteiger partial charge in [-0.25, -0.2) is 0 Å². The summed E-state index contributed by atoms with van der Waals surface area (Å²) in [6, 6.07) is 14.8. The molecule has 0 amide bonds. The molecule has 0 fully saturated rings. The lowest BCUT2D eigenvalue weighted by atomic mass is 9.90. The molecule has 1 heterocycles. The topological polar surface area (TPSA) is 60.8 Å². The zero-order chi connectivity index (χ0) is 14.8. The minimum absolute atomic E-state index is 0.253. The molecule has 1 atom stereocenters. The summed E-state index contributed by atoms with van der Waals surface area (Å²) in [6.45, 7) is 1.43. The lowest BCUT2D eigenvalue weighted by molar-refractivity contribution is -0.139. The number of nitrogens with zero attached hydrogens (tertiary/aromatic N) is 1. The Labute approximate surface area is 123 Å². The fraction of sp³-hybridized carbons (Fsp3) is 0.235. The van der Waals surface area contributed by atoms with Gasteiger partial charge in [0, 0.05) is 18.8 Å². The van der Waals surface area contributed by atoms with Crippen LogP contribution in [0.5, 0.6) is 5.75 Å². The fourth-order valence-electron chi connectivity index (χ4n) is 2.87. The van der Waals surface area contributed by atoms with Gasteiger partial charge in [0.05, 0.1) is 5.92 Å². The van der Waals surface area contributed by atoms with Crippen molar-refractivity contribution in [2.75, 3.05) is 11.4 Å². The number of phenolic OH excluding ortho intramolecular Hbond substituents is 1. The zero-order valence-electron chi connectivity index (χ0n) is 11.6. The number of phenols is 1. The van der Waals surface area contributed by atoms with E-state index in [2.05, 4.69) is 4.90 Å². The molecule has 0 aromatic heterocycles. The third-order valence-electron chi connectivity index (χ3n) is 3.95. The smallest absolute Gasteiger partial charge is 0.311 e. The van der Waals surface area contributed by atoms with E-state index in [4.69, 9.17) is 0 Å². The van der Waals surface area contributed by atoms with E-state index < -0.39 is 11.9 Å². The van der Waals surface area contributed by atoms with Crippen LogP contribution >= 0.6 is 0 Å². The lowest BCUT2D eigenvalue weighted by Gasteiger charge is -2.34. The monoisotopic (exact) mass is 283 g/mol. The van der Waals surface area contributed by atoms with Crippen molar-refractivity contribution in [2.24, 2.45) is 0 Å². The molecule has 0 spiro atoms. The Morgan fingerprint density at radius 2 is 1.86 bits per heavy atom. The largest absolute Gasteiger partial charge is 0.508 e. The number of carbonyl (C=O) groups is 1. The SMILES string of the molecule is O=C(O)C1CCN(Cc2ccc(O)cc2)c2ccccc21. The quantitative estimate of drug-likeness (QED) is 0.909. The van der Waals surface area contributed by atoms with Crippen LogP contribution < -0.4 is 4.90 Å². The van der Waals surface area contributed by atoms with Crippen molar-refractivity contribution >= 4 is 11.7 Å². The summed E-state index contributed by atoms with van der Waals surface area (Å²) >= 11 is 0. The second-order valence-electron chi connectivity index (χ2n) is 5.33. The predicted molar refractivity (Wildman–Crippen MR) is 80.6 cm³/mol. The van der Waals surface area contributed by atoms with Gasteiger partial charge in [-0.05, 0) is 35.7 Å². The van der Waals surface area contributed by atoms with Crippen LogP contribution in [-0.4, -0.2) is 22.7 Å². The third-order valence-corrected chi connectivity index (χ3v) is 3.95. The summed E-state index contributed by atoms with van der Waals surface area (Å²) in [7, 11) is 0. The molecule has 21 heavy (non-hydrogen) atoms. The van der Waals surface area contributed by atoms with Crippen molar-refractivity contribution < 1.29 is 15.0 Å². The molecule has 0 radical (unpaired) electrons. The maximum atomic E-state index is 11.4. The number of carboxylic acids is 1. The van der Waals surface area contributed by atoms with Crippen LogP contribution in [0.4, 0.5) is 5.69 Å². The average Bonchev–Trinajstić information content (AvgIpc) is 2.49. The Hall–Kier alpha value is -2.49. The van der Waals surface area contributed by atoms with Crippen molar-refractivity contribution in [3.8, 4) is 5.75 Å². The highest BCUT2D eigenvalue weighted by molar-refractivity contribution is 5.80. The summed E-state index contributed by atoms with van der Waals surface area (Å²) in [4.78, 5) is 13.6. The normalized spacial score (nSPS) is 17.3. The predicted octanol–water partition coefficient (Wildman–Crippen LogP) is 2.97. The zero-order valence-corrected chi connectivity index (χ0v) is 11.6. The van der Waals surface area contributed by atoms with E-state index in [1.54, 1.807) is 12.1 Å². The van der Waals surface area contributed by atoms with Gasteiger partial charge in [0.25, 0.3) is 0 Å². The van der Waals surface area contributed by atoms with Crippen LogP contribution in [0.25, 0.3) is 0 Å². The fourth-order valence-corrected chi connectivity index (χ4v) is 2.87. The van der Waals surface area contributed by atoms with Gasteiger partial charge in [-0.3, -0.25) is 4.79 Å². The molecule has 0 bridgehead atoms. The second kappa shape index (κ2) is 5.48. The van der Waals surface area contributed by atoms with Crippen molar-refractivity contribution in [1.82, 2.24) is 0 Å². The van der Waals surface area contributed by atoms with Gasteiger partial charge >= 0.3 is 5.97 Å².